The van der Waals surface area contributed by atoms with Gasteiger partial charge in [-0.15, -0.1) is 0 Å². The van der Waals surface area contributed by atoms with Gasteiger partial charge in [-0.05, 0) is 49.6 Å². The highest BCUT2D eigenvalue weighted by molar-refractivity contribution is 6.30. The van der Waals surface area contributed by atoms with Crippen molar-refractivity contribution in [2.75, 3.05) is 19.0 Å². The number of aliphatic hydroxyl groups excluding tert-OH is 1. The van der Waals surface area contributed by atoms with E-state index in [-0.39, 0.29) is 18.4 Å². The summed E-state index contributed by atoms with van der Waals surface area (Å²) in [6.07, 6.45) is 0.998. The monoisotopic (exact) mass is 497 g/mol. The molecule has 3 amide bonds. The Labute approximate surface area is 208 Å². The van der Waals surface area contributed by atoms with Crippen molar-refractivity contribution < 1.29 is 24.2 Å². The van der Waals surface area contributed by atoms with E-state index >= 15 is 0 Å². The summed E-state index contributed by atoms with van der Waals surface area (Å²) in [7, 11) is 1.53. The number of aliphatic hydroxyl groups is 1. The van der Waals surface area contributed by atoms with Gasteiger partial charge in [-0.2, -0.15) is 0 Å². The normalized spacial score (nSPS) is 31.8. The zero-order valence-corrected chi connectivity index (χ0v) is 20.3. The van der Waals surface area contributed by atoms with Crippen LogP contribution in [0.5, 0.6) is 0 Å². The number of hydrogen-bond acceptors (Lipinski definition) is 5. The van der Waals surface area contributed by atoms with Gasteiger partial charge in [-0.1, -0.05) is 41.9 Å². The first-order valence-electron chi connectivity index (χ1n) is 11.7. The molecule has 3 fully saturated rings. The van der Waals surface area contributed by atoms with Crippen molar-refractivity contribution in [3.63, 3.8) is 0 Å². The van der Waals surface area contributed by atoms with Gasteiger partial charge in [0.15, 0.2) is 0 Å². The van der Waals surface area contributed by atoms with E-state index in [0.717, 1.165) is 0 Å². The number of rotatable bonds is 6. The molecule has 3 aliphatic heterocycles. The van der Waals surface area contributed by atoms with E-state index < -0.39 is 41.0 Å². The summed E-state index contributed by atoms with van der Waals surface area (Å²) in [6.45, 7) is 1.46. The lowest BCUT2D eigenvalue weighted by Crippen LogP contribution is -2.54. The topological polar surface area (TPSA) is 108 Å². The minimum Gasteiger partial charge on any atom is -0.394 e. The van der Waals surface area contributed by atoms with E-state index in [1.165, 1.54) is 11.9 Å². The van der Waals surface area contributed by atoms with E-state index in [1.807, 2.05) is 37.3 Å². The van der Waals surface area contributed by atoms with E-state index in [1.54, 1.807) is 24.3 Å². The second-order valence-electron chi connectivity index (χ2n) is 9.69. The molecular formula is C26H28ClN3O5. The van der Waals surface area contributed by atoms with Crippen molar-refractivity contribution in [3.05, 3.63) is 65.2 Å². The molecule has 6 atom stereocenters. The fraction of sp³-hybridized carbons (Fsp3) is 0.423. The molecule has 1 spiro atoms. The number of fused-ring (bicyclic) bond motifs is 1. The molecule has 3 heterocycles. The number of ether oxygens (including phenoxy) is 1. The van der Waals surface area contributed by atoms with Crippen molar-refractivity contribution in [2.45, 2.75) is 43.1 Å². The van der Waals surface area contributed by atoms with Crippen LogP contribution in [0.15, 0.2) is 54.6 Å². The highest BCUT2D eigenvalue weighted by atomic mass is 35.5. The standard InChI is InChI=1S/C26H28ClN3O5/c1-25-12-13-26(35-25)20(19(25)22(32)28-2)24(34)30(18(14-31)15-6-4-3-5-7-15)21(26)23(33)29-17-10-8-16(27)9-11-17/h3-11,18-21,31H,12-14H2,1-2H3,(H,28,32)(H,29,33)/t18-,19+,20+,21?,25-,26?/m1/s1. The lowest BCUT2D eigenvalue weighted by atomic mass is 9.66. The number of carbonyl (C=O) groups is 3. The van der Waals surface area contributed by atoms with E-state index in [9.17, 15) is 19.5 Å². The molecule has 2 aromatic carbocycles. The lowest BCUT2D eigenvalue weighted by molar-refractivity contribution is -0.148. The van der Waals surface area contributed by atoms with Gasteiger partial charge in [0, 0.05) is 17.8 Å². The molecule has 2 aromatic rings. The highest BCUT2D eigenvalue weighted by Crippen LogP contribution is 2.64. The molecule has 0 aliphatic carbocycles. The molecule has 9 heteroatoms. The van der Waals surface area contributed by atoms with Crippen LogP contribution in [0.4, 0.5) is 5.69 Å². The molecule has 3 saturated heterocycles. The molecule has 0 aromatic heterocycles. The van der Waals surface area contributed by atoms with Crippen LogP contribution in [0.3, 0.4) is 0 Å². The number of nitrogens with one attached hydrogen (secondary N) is 2. The van der Waals surface area contributed by atoms with Gasteiger partial charge in [0.2, 0.25) is 17.7 Å². The molecule has 0 radical (unpaired) electrons. The second kappa shape index (κ2) is 8.62. The van der Waals surface area contributed by atoms with Crippen LogP contribution in [0.25, 0.3) is 0 Å². The maximum absolute atomic E-state index is 14.1. The summed E-state index contributed by atoms with van der Waals surface area (Å²) in [4.78, 5) is 42.4. The Morgan fingerprint density at radius 1 is 1.14 bits per heavy atom. The number of likely N-dealkylation sites (tertiary alicyclic amines) is 1. The number of nitrogens with zero attached hydrogens (tertiary/aromatic N) is 1. The summed E-state index contributed by atoms with van der Waals surface area (Å²) in [5.41, 5.74) is -0.816. The third-order valence-electron chi connectivity index (χ3n) is 7.80. The van der Waals surface area contributed by atoms with Crippen LogP contribution in [-0.4, -0.2) is 58.6 Å². The summed E-state index contributed by atoms with van der Waals surface area (Å²) in [5.74, 6) is -2.65. The average Bonchev–Trinajstić information content (AvgIpc) is 3.42. The number of hydrogen-bond donors (Lipinski definition) is 3. The smallest absolute Gasteiger partial charge is 0.250 e. The summed E-state index contributed by atoms with van der Waals surface area (Å²) in [5, 5.41) is 16.5. The number of carbonyl (C=O) groups excluding carboxylic acids is 3. The maximum atomic E-state index is 14.1. The Balaban J connectivity index is 1.61. The van der Waals surface area contributed by atoms with Crippen molar-refractivity contribution in [3.8, 4) is 0 Å². The van der Waals surface area contributed by atoms with Gasteiger partial charge < -0.3 is 25.4 Å². The molecule has 3 aliphatic rings. The molecule has 3 N–H and O–H groups in total. The third kappa shape index (κ3) is 3.54. The molecule has 5 rings (SSSR count). The van der Waals surface area contributed by atoms with Crippen LogP contribution in [0.2, 0.25) is 5.02 Å². The second-order valence-corrected chi connectivity index (χ2v) is 10.1. The molecule has 2 unspecified atom stereocenters. The summed E-state index contributed by atoms with van der Waals surface area (Å²) >= 11 is 5.99. The Bertz CT molecular complexity index is 1160. The van der Waals surface area contributed by atoms with Gasteiger partial charge >= 0.3 is 0 Å². The predicted molar refractivity (Wildman–Crippen MR) is 129 cm³/mol. The molecule has 35 heavy (non-hydrogen) atoms. The largest absolute Gasteiger partial charge is 0.394 e. The van der Waals surface area contributed by atoms with Gasteiger partial charge in [0.25, 0.3) is 0 Å². The van der Waals surface area contributed by atoms with Gasteiger partial charge in [0.05, 0.1) is 30.1 Å². The molecule has 184 valence electrons. The maximum Gasteiger partial charge on any atom is 0.250 e. The fourth-order valence-corrected chi connectivity index (χ4v) is 6.45. The Morgan fingerprint density at radius 3 is 2.46 bits per heavy atom. The predicted octanol–water partition coefficient (Wildman–Crippen LogP) is 2.52. The highest BCUT2D eigenvalue weighted by Gasteiger charge is 2.78. The van der Waals surface area contributed by atoms with Crippen LogP contribution in [-0.2, 0) is 19.1 Å². The zero-order chi connectivity index (χ0) is 25.0. The molecule has 8 nitrogen and oxygen atoms in total. The van der Waals surface area contributed by atoms with Crippen LogP contribution < -0.4 is 10.6 Å². The zero-order valence-electron chi connectivity index (χ0n) is 19.5. The SMILES string of the molecule is CNC(=O)[C@@H]1[C@H]2C(=O)N([C@H](CO)c3ccccc3)C(C(=O)Nc3ccc(Cl)cc3)C23CC[C@@]1(C)O3. The Hall–Kier alpha value is -2.94. The van der Waals surface area contributed by atoms with Gasteiger partial charge in [-0.3, -0.25) is 14.4 Å². The van der Waals surface area contributed by atoms with Crippen molar-refractivity contribution >= 4 is 35.0 Å². The van der Waals surface area contributed by atoms with Crippen LogP contribution in [0.1, 0.15) is 31.4 Å². The summed E-state index contributed by atoms with van der Waals surface area (Å²) < 4.78 is 6.54. The number of amides is 3. The molecule has 0 saturated carbocycles. The number of benzene rings is 2. The molecule has 2 bridgehead atoms. The van der Waals surface area contributed by atoms with Crippen molar-refractivity contribution in [1.29, 1.82) is 0 Å². The number of anilines is 1. The van der Waals surface area contributed by atoms with E-state index in [2.05, 4.69) is 10.6 Å². The third-order valence-corrected chi connectivity index (χ3v) is 8.05. The van der Waals surface area contributed by atoms with Crippen LogP contribution in [0, 0.1) is 11.8 Å². The number of halogens is 1. The van der Waals surface area contributed by atoms with E-state index in [4.69, 9.17) is 16.3 Å². The van der Waals surface area contributed by atoms with Crippen LogP contribution >= 0.6 is 11.6 Å². The van der Waals surface area contributed by atoms with E-state index in [0.29, 0.717) is 29.1 Å². The van der Waals surface area contributed by atoms with Gasteiger partial charge in [0.1, 0.15) is 11.6 Å². The summed E-state index contributed by atoms with van der Waals surface area (Å²) in [6, 6.07) is 14.0. The minimum absolute atomic E-state index is 0.286. The molecular weight excluding hydrogens is 470 g/mol. The Kier molecular flexibility index (Phi) is 5.86. The first kappa shape index (κ1) is 23.8. The quantitative estimate of drug-likeness (QED) is 0.568. The van der Waals surface area contributed by atoms with Crippen molar-refractivity contribution in [2.24, 2.45) is 11.8 Å². The average molecular weight is 498 g/mol. The Morgan fingerprint density at radius 2 is 1.83 bits per heavy atom. The lowest BCUT2D eigenvalue weighted by Gasteiger charge is -2.37. The minimum atomic E-state index is -1.18. The first-order valence-corrected chi connectivity index (χ1v) is 12.1. The first-order chi connectivity index (χ1) is 16.8. The fourth-order valence-electron chi connectivity index (χ4n) is 6.33. The van der Waals surface area contributed by atoms with Gasteiger partial charge in [-0.25, -0.2) is 0 Å². The van der Waals surface area contributed by atoms with Crippen molar-refractivity contribution in [1.82, 2.24) is 10.2 Å².